The number of hydrogen-bond donors (Lipinski definition) is 0. The Morgan fingerprint density at radius 1 is 1.21 bits per heavy atom. The molecule has 104 valence electrons. The van der Waals surface area contributed by atoms with E-state index < -0.39 is 0 Å². The van der Waals surface area contributed by atoms with Crippen molar-refractivity contribution in [3.8, 4) is 0 Å². The van der Waals surface area contributed by atoms with Crippen LogP contribution >= 0.6 is 0 Å². The summed E-state index contributed by atoms with van der Waals surface area (Å²) in [6, 6.07) is 4.23. The second-order valence-electron chi connectivity index (χ2n) is 6.34. The minimum Gasteiger partial charge on any atom is -0.469 e. The quantitative estimate of drug-likeness (QED) is 0.737. The van der Waals surface area contributed by atoms with Crippen molar-refractivity contribution in [3.05, 3.63) is 47.3 Å². The molecule has 0 spiro atoms. The average Bonchev–Trinajstić information content (AvgIpc) is 2.94. The van der Waals surface area contributed by atoms with Gasteiger partial charge in [0.25, 0.3) is 0 Å². The van der Waals surface area contributed by atoms with Crippen molar-refractivity contribution in [1.82, 2.24) is 0 Å². The summed E-state index contributed by atoms with van der Waals surface area (Å²) in [6.45, 7) is 10.9. The first-order valence-corrected chi connectivity index (χ1v) is 7.02. The largest absolute Gasteiger partial charge is 0.469 e. The fraction of sp³-hybridized carbons (Fsp3) is 0.529. The Bertz CT molecular complexity index is 529. The Kier molecular flexibility index (Phi) is 3.88. The van der Waals surface area contributed by atoms with Gasteiger partial charge in [0.1, 0.15) is 11.5 Å². The normalized spacial score (nSPS) is 12.3. The molecule has 0 fully saturated rings. The highest BCUT2D eigenvalue weighted by Crippen LogP contribution is 2.31. The van der Waals surface area contributed by atoms with Crippen molar-refractivity contribution < 1.29 is 8.83 Å². The van der Waals surface area contributed by atoms with E-state index in [0.29, 0.717) is 5.92 Å². The van der Waals surface area contributed by atoms with Crippen LogP contribution in [0.15, 0.2) is 33.5 Å². The van der Waals surface area contributed by atoms with Gasteiger partial charge in [0.15, 0.2) is 0 Å². The van der Waals surface area contributed by atoms with Crippen molar-refractivity contribution in [2.75, 3.05) is 0 Å². The molecular weight excluding hydrogens is 236 g/mol. The van der Waals surface area contributed by atoms with Crippen LogP contribution in [0.3, 0.4) is 0 Å². The van der Waals surface area contributed by atoms with Crippen molar-refractivity contribution in [3.63, 3.8) is 0 Å². The fourth-order valence-electron chi connectivity index (χ4n) is 2.42. The molecule has 2 heteroatoms. The van der Waals surface area contributed by atoms with E-state index in [1.807, 2.05) is 6.26 Å². The van der Waals surface area contributed by atoms with Crippen LogP contribution in [0.2, 0.25) is 0 Å². The summed E-state index contributed by atoms with van der Waals surface area (Å²) in [4.78, 5) is 0. The van der Waals surface area contributed by atoms with Crippen molar-refractivity contribution in [2.45, 2.75) is 58.8 Å². The van der Waals surface area contributed by atoms with Crippen molar-refractivity contribution >= 4 is 0 Å². The highest BCUT2D eigenvalue weighted by Gasteiger charge is 2.25. The Balaban J connectivity index is 2.07. The fourth-order valence-corrected chi connectivity index (χ4v) is 2.42. The van der Waals surface area contributed by atoms with Gasteiger partial charge in [-0.1, -0.05) is 27.7 Å². The minimum absolute atomic E-state index is 0.0553. The first-order valence-electron chi connectivity index (χ1n) is 7.02. The predicted molar refractivity (Wildman–Crippen MR) is 77.6 cm³/mol. The van der Waals surface area contributed by atoms with E-state index in [1.54, 1.807) is 6.26 Å². The topological polar surface area (TPSA) is 26.3 Å². The standard InChI is InChI=1S/C17H24O2/c1-12(2)16-14(7-9-18-16)6-8-17(4,5)15-10-13(3)11-19-15/h7,9-12H,6,8H2,1-5H3. The van der Waals surface area contributed by atoms with E-state index in [9.17, 15) is 0 Å². The van der Waals surface area contributed by atoms with Gasteiger partial charge >= 0.3 is 0 Å². The maximum atomic E-state index is 5.65. The molecule has 0 radical (unpaired) electrons. The maximum absolute atomic E-state index is 5.65. The monoisotopic (exact) mass is 260 g/mol. The van der Waals surface area contributed by atoms with Crippen LogP contribution in [-0.2, 0) is 11.8 Å². The molecule has 2 heterocycles. The van der Waals surface area contributed by atoms with Gasteiger partial charge in [0.2, 0.25) is 0 Å². The molecule has 0 saturated carbocycles. The molecule has 0 aliphatic rings. The molecule has 2 nitrogen and oxygen atoms in total. The Morgan fingerprint density at radius 2 is 1.95 bits per heavy atom. The molecule has 0 N–H and O–H groups in total. The van der Waals surface area contributed by atoms with E-state index >= 15 is 0 Å². The molecule has 2 aromatic rings. The van der Waals surface area contributed by atoms with Gasteiger partial charge in [0.05, 0.1) is 12.5 Å². The highest BCUT2D eigenvalue weighted by molar-refractivity contribution is 5.22. The number of furan rings is 2. The Morgan fingerprint density at radius 3 is 2.53 bits per heavy atom. The van der Waals surface area contributed by atoms with Crippen LogP contribution in [0.25, 0.3) is 0 Å². The van der Waals surface area contributed by atoms with E-state index in [0.717, 1.165) is 24.4 Å². The summed E-state index contributed by atoms with van der Waals surface area (Å²) in [5, 5.41) is 0. The average molecular weight is 260 g/mol. The second kappa shape index (κ2) is 5.28. The van der Waals surface area contributed by atoms with Crippen molar-refractivity contribution in [2.24, 2.45) is 0 Å². The third kappa shape index (κ3) is 3.12. The van der Waals surface area contributed by atoms with Gasteiger partial charge in [-0.05, 0) is 43.0 Å². The summed E-state index contributed by atoms with van der Waals surface area (Å²) < 4.78 is 11.2. The first kappa shape index (κ1) is 14.0. The molecule has 0 aliphatic heterocycles. The molecule has 0 bridgehead atoms. The summed E-state index contributed by atoms with van der Waals surface area (Å²) in [7, 11) is 0. The molecule has 19 heavy (non-hydrogen) atoms. The highest BCUT2D eigenvalue weighted by atomic mass is 16.3. The minimum atomic E-state index is 0.0553. The van der Waals surface area contributed by atoms with Crippen molar-refractivity contribution in [1.29, 1.82) is 0 Å². The number of rotatable bonds is 5. The summed E-state index contributed by atoms with van der Waals surface area (Å²) in [5.41, 5.74) is 2.57. The molecule has 0 aromatic carbocycles. The summed E-state index contributed by atoms with van der Waals surface area (Å²) in [6.07, 6.45) is 5.71. The lowest BCUT2D eigenvalue weighted by molar-refractivity contribution is 0.363. The van der Waals surface area contributed by atoms with Crippen LogP contribution in [0.5, 0.6) is 0 Å². The van der Waals surface area contributed by atoms with Gasteiger partial charge in [-0.15, -0.1) is 0 Å². The zero-order valence-electron chi connectivity index (χ0n) is 12.6. The van der Waals surface area contributed by atoms with Crippen LogP contribution in [0.4, 0.5) is 0 Å². The maximum Gasteiger partial charge on any atom is 0.109 e. The molecule has 0 atom stereocenters. The van der Waals surface area contributed by atoms with E-state index in [4.69, 9.17) is 8.83 Å². The lowest BCUT2D eigenvalue weighted by Crippen LogP contribution is -2.17. The summed E-state index contributed by atoms with van der Waals surface area (Å²) >= 11 is 0. The van der Waals surface area contributed by atoms with Crippen LogP contribution < -0.4 is 0 Å². The van der Waals surface area contributed by atoms with Crippen LogP contribution in [0.1, 0.15) is 62.7 Å². The third-order valence-corrected chi connectivity index (χ3v) is 3.72. The van der Waals surface area contributed by atoms with Gasteiger partial charge in [0, 0.05) is 11.3 Å². The van der Waals surface area contributed by atoms with Crippen LogP contribution in [0, 0.1) is 6.92 Å². The zero-order valence-corrected chi connectivity index (χ0v) is 12.6. The molecule has 2 rings (SSSR count). The summed E-state index contributed by atoms with van der Waals surface area (Å²) in [5.74, 6) is 2.63. The molecule has 0 aliphatic carbocycles. The first-order chi connectivity index (χ1) is 8.90. The third-order valence-electron chi connectivity index (χ3n) is 3.72. The number of hydrogen-bond acceptors (Lipinski definition) is 2. The second-order valence-corrected chi connectivity index (χ2v) is 6.34. The van der Waals surface area contributed by atoms with Gasteiger partial charge in [-0.3, -0.25) is 0 Å². The molecule has 2 aromatic heterocycles. The van der Waals surface area contributed by atoms with Gasteiger partial charge in [-0.25, -0.2) is 0 Å². The van der Waals surface area contributed by atoms with E-state index in [-0.39, 0.29) is 5.41 Å². The van der Waals surface area contributed by atoms with E-state index in [1.165, 1.54) is 11.1 Å². The molecular formula is C17H24O2. The zero-order chi connectivity index (χ0) is 14.0. The molecule has 0 amide bonds. The SMILES string of the molecule is Cc1coc(C(C)(C)CCc2ccoc2C(C)C)c1. The molecule has 0 unspecified atom stereocenters. The molecule has 0 saturated heterocycles. The lowest BCUT2D eigenvalue weighted by Gasteiger charge is -2.22. The Hall–Kier alpha value is -1.44. The van der Waals surface area contributed by atoms with Crippen LogP contribution in [-0.4, -0.2) is 0 Å². The van der Waals surface area contributed by atoms with E-state index in [2.05, 4.69) is 46.8 Å². The predicted octanol–water partition coefficient (Wildman–Crippen LogP) is 5.21. The number of aryl methyl sites for hydroxylation is 2. The van der Waals surface area contributed by atoms with Gasteiger partial charge in [-0.2, -0.15) is 0 Å². The Labute approximate surface area is 115 Å². The lowest BCUT2D eigenvalue weighted by atomic mass is 9.83. The smallest absolute Gasteiger partial charge is 0.109 e. The van der Waals surface area contributed by atoms with Gasteiger partial charge < -0.3 is 8.83 Å².